The van der Waals surface area contributed by atoms with Crippen LogP contribution in [0.3, 0.4) is 0 Å². The summed E-state index contributed by atoms with van der Waals surface area (Å²) in [5.74, 6) is -1.29. The Morgan fingerprint density at radius 3 is 2.53 bits per heavy atom. The van der Waals surface area contributed by atoms with Gasteiger partial charge in [0.2, 0.25) is 5.91 Å². The summed E-state index contributed by atoms with van der Waals surface area (Å²) >= 11 is 0. The molecule has 1 fully saturated rings. The quantitative estimate of drug-likeness (QED) is 0.711. The summed E-state index contributed by atoms with van der Waals surface area (Å²) in [6.45, 7) is 1.33. The third-order valence-corrected chi connectivity index (χ3v) is 2.85. The van der Waals surface area contributed by atoms with Gasteiger partial charge in [-0.05, 0) is 25.2 Å². The first-order valence-corrected chi connectivity index (χ1v) is 5.07. The second-order valence-electron chi connectivity index (χ2n) is 3.95. The molecule has 5 heteroatoms. The average Bonchev–Trinajstić information content (AvgIpc) is 2.61. The Balaban J connectivity index is 2.57. The van der Waals surface area contributed by atoms with Crippen molar-refractivity contribution in [2.45, 2.75) is 38.3 Å². The molecule has 86 valence electrons. The standard InChI is InChI=1S/C10H17NO4/c1-6(12)11-9(10(13)14)7-3-4-8(5-7)15-2/h7-9H,3-5H2,1-2H3,(H,11,12)(H,13,14). The smallest absolute Gasteiger partial charge is 0.326 e. The summed E-state index contributed by atoms with van der Waals surface area (Å²) in [5.41, 5.74) is 0. The molecule has 3 atom stereocenters. The lowest BCUT2D eigenvalue weighted by atomic mass is 9.98. The second-order valence-corrected chi connectivity index (χ2v) is 3.95. The van der Waals surface area contributed by atoms with Gasteiger partial charge in [-0.2, -0.15) is 0 Å². The molecule has 5 nitrogen and oxygen atoms in total. The van der Waals surface area contributed by atoms with Crippen LogP contribution in [-0.4, -0.2) is 36.2 Å². The van der Waals surface area contributed by atoms with E-state index in [0.29, 0.717) is 6.42 Å². The third-order valence-electron chi connectivity index (χ3n) is 2.85. The number of ether oxygens (including phenoxy) is 1. The maximum absolute atomic E-state index is 11.0. The molecule has 2 N–H and O–H groups in total. The molecule has 1 rings (SSSR count). The van der Waals surface area contributed by atoms with E-state index in [0.717, 1.165) is 12.8 Å². The lowest BCUT2D eigenvalue weighted by Crippen LogP contribution is -2.44. The molecular weight excluding hydrogens is 198 g/mol. The number of amides is 1. The largest absolute Gasteiger partial charge is 0.480 e. The molecule has 0 aromatic heterocycles. The van der Waals surface area contributed by atoms with Crippen LogP contribution in [0, 0.1) is 5.92 Å². The molecular formula is C10H17NO4. The molecule has 0 heterocycles. The highest BCUT2D eigenvalue weighted by molar-refractivity contribution is 5.82. The third kappa shape index (κ3) is 3.20. The maximum atomic E-state index is 11.0. The number of hydrogen-bond donors (Lipinski definition) is 2. The van der Waals surface area contributed by atoms with Crippen LogP contribution in [-0.2, 0) is 14.3 Å². The molecule has 0 radical (unpaired) electrons. The minimum atomic E-state index is -0.966. The van der Waals surface area contributed by atoms with Gasteiger partial charge in [0.05, 0.1) is 6.10 Å². The van der Waals surface area contributed by atoms with Crippen molar-refractivity contribution in [1.29, 1.82) is 0 Å². The van der Waals surface area contributed by atoms with Gasteiger partial charge in [-0.3, -0.25) is 4.79 Å². The van der Waals surface area contributed by atoms with E-state index in [4.69, 9.17) is 9.84 Å². The molecule has 0 bridgehead atoms. The van der Waals surface area contributed by atoms with Crippen molar-refractivity contribution in [2.24, 2.45) is 5.92 Å². The van der Waals surface area contributed by atoms with Gasteiger partial charge in [-0.15, -0.1) is 0 Å². The number of carboxylic acid groups (broad SMARTS) is 1. The summed E-state index contributed by atoms with van der Waals surface area (Å²) in [4.78, 5) is 21.8. The molecule has 1 aliphatic rings. The van der Waals surface area contributed by atoms with Crippen LogP contribution in [0.25, 0.3) is 0 Å². The summed E-state index contributed by atoms with van der Waals surface area (Å²) in [7, 11) is 1.63. The summed E-state index contributed by atoms with van der Waals surface area (Å²) in [6.07, 6.45) is 2.49. The minimum Gasteiger partial charge on any atom is -0.480 e. The summed E-state index contributed by atoms with van der Waals surface area (Å²) < 4.78 is 5.17. The second kappa shape index (κ2) is 5.11. The fraction of sp³-hybridized carbons (Fsp3) is 0.800. The van der Waals surface area contributed by atoms with Crippen LogP contribution in [0.1, 0.15) is 26.2 Å². The molecule has 1 aliphatic carbocycles. The molecule has 15 heavy (non-hydrogen) atoms. The first kappa shape index (κ1) is 12.0. The van der Waals surface area contributed by atoms with Crippen LogP contribution in [0.2, 0.25) is 0 Å². The monoisotopic (exact) mass is 215 g/mol. The SMILES string of the molecule is COC1CCC(C(NC(C)=O)C(=O)O)C1. The summed E-state index contributed by atoms with van der Waals surface area (Å²) in [6, 6.07) is -0.775. The minimum absolute atomic E-state index is 0.0173. The van der Waals surface area contributed by atoms with Gasteiger partial charge in [0.25, 0.3) is 0 Å². The van der Waals surface area contributed by atoms with Crippen molar-refractivity contribution in [3.63, 3.8) is 0 Å². The Labute approximate surface area is 88.8 Å². The van der Waals surface area contributed by atoms with Crippen LogP contribution >= 0.6 is 0 Å². The molecule has 1 amide bonds. The van der Waals surface area contributed by atoms with Crippen molar-refractivity contribution in [3.8, 4) is 0 Å². The highest BCUT2D eigenvalue weighted by atomic mass is 16.5. The average molecular weight is 215 g/mol. The Kier molecular flexibility index (Phi) is 4.08. The Morgan fingerprint density at radius 2 is 2.13 bits per heavy atom. The van der Waals surface area contributed by atoms with Gasteiger partial charge in [-0.25, -0.2) is 4.79 Å². The van der Waals surface area contributed by atoms with Crippen molar-refractivity contribution in [3.05, 3.63) is 0 Å². The first-order valence-electron chi connectivity index (χ1n) is 5.07. The molecule has 0 aromatic rings. The Hall–Kier alpha value is -1.10. The van der Waals surface area contributed by atoms with Crippen molar-refractivity contribution >= 4 is 11.9 Å². The van der Waals surface area contributed by atoms with Gasteiger partial charge >= 0.3 is 5.97 Å². The van der Waals surface area contributed by atoms with E-state index < -0.39 is 12.0 Å². The predicted molar refractivity (Wildman–Crippen MR) is 53.4 cm³/mol. The summed E-state index contributed by atoms with van der Waals surface area (Å²) in [5, 5.41) is 11.5. The number of hydrogen-bond acceptors (Lipinski definition) is 3. The van der Waals surface area contributed by atoms with Gasteiger partial charge in [0.1, 0.15) is 6.04 Å². The van der Waals surface area contributed by atoms with E-state index in [9.17, 15) is 9.59 Å². The molecule has 0 saturated heterocycles. The molecule has 0 aliphatic heterocycles. The van der Waals surface area contributed by atoms with Crippen LogP contribution in [0.5, 0.6) is 0 Å². The zero-order chi connectivity index (χ0) is 11.4. The highest BCUT2D eigenvalue weighted by Gasteiger charge is 2.35. The zero-order valence-corrected chi connectivity index (χ0v) is 9.03. The Morgan fingerprint density at radius 1 is 1.47 bits per heavy atom. The first-order chi connectivity index (χ1) is 7.04. The number of carboxylic acids is 1. The van der Waals surface area contributed by atoms with Gasteiger partial charge < -0.3 is 15.2 Å². The van der Waals surface area contributed by atoms with E-state index >= 15 is 0 Å². The fourth-order valence-electron chi connectivity index (χ4n) is 2.09. The number of rotatable bonds is 4. The highest BCUT2D eigenvalue weighted by Crippen LogP contribution is 2.30. The number of carbonyl (C=O) groups excluding carboxylic acids is 1. The lowest BCUT2D eigenvalue weighted by molar-refractivity contribution is -0.143. The fourth-order valence-corrected chi connectivity index (χ4v) is 2.09. The lowest BCUT2D eigenvalue weighted by Gasteiger charge is -2.19. The Bertz CT molecular complexity index is 254. The normalized spacial score (nSPS) is 27.3. The molecule has 1 saturated carbocycles. The van der Waals surface area contributed by atoms with Gasteiger partial charge in [0, 0.05) is 14.0 Å². The van der Waals surface area contributed by atoms with Crippen molar-refractivity contribution < 1.29 is 19.4 Å². The van der Waals surface area contributed by atoms with Gasteiger partial charge in [-0.1, -0.05) is 0 Å². The topological polar surface area (TPSA) is 75.6 Å². The van der Waals surface area contributed by atoms with Gasteiger partial charge in [0.15, 0.2) is 0 Å². The number of carbonyl (C=O) groups is 2. The van der Waals surface area contributed by atoms with Crippen molar-refractivity contribution in [2.75, 3.05) is 7.11 Å². The molecule has 3 unspecified atom stereocenters. The zero-order valence-electron chi connectivity index (χ0n) is 9.03. The number of aliphatic carboxylic acids is 1. The van der Waals surface area contributed by atoms with E-state index in [1.54, 1.807) is 7.11 Å². The molecule has 0 spiro atoms. The predicted octanol–water partition coefficient (Wildman–Crippen LogP) is 0.391. The number of methoxy groups -OCH3 is 1. The van der Waals surface area contributed by atoms with E-state index in [2.05, 4.69) is 5.32 Å². The van der Waals surface area contributed by atoms with Crippen LogP contribution < -0.4 is 5.32 Å². The van der Waals surface area contributed by atoms with E-state index in [-0.39, 0.29) is 17.9 Å². The van der Waals surface area contributed by atoms with Crippen LogP contribution in [0.4, 0.5) is 0 Å². The number of nitrogens with one attached hydrogen (secondary N) is 1. The molecule has 0 aromatic carbocycles. The van der Waals surface area contributed by atoms with Crippen molar-refractivity contribution in [1.82, 2.24) is 5.32 Å². The maximum Gasteiger partial charge on any atom is 0.326 e. The van der Waals surface area contributed by atoms with E-state index in [1.807, 2.05) is 0 Å². The van der Waals surface area contributed by atoms with Crippen LogP contribution in [0.15, 0.2) is 0 Å². The van der Waals surface area contributed by atoms with E-state index in [1.165, 1.54) is 6.92 Å².